The molecule has 0 unspecified atom stereocenters. The summed E-state index contributed by atoms with van der Waals surface area (Å²) in [6, 6.07) is 108. The molecule has 452 valence electrons. The molecule has 0 amide bonds. The van der Waals surface area contributed by atoms with E-state index in [4.69, 9.17) is 8.83 Å². The third-order valence-corrected chi connectivity index (χ3v) is 19.5. The van der Waals surface area contributed by atoms with Gasteiger partial charge in [0, 0.05) is 87.5 Å². The van der Waals surface area contributed by atoms with E-state index in [2.05, 4.69) is 225 Å². The first kappa shape index (κ1) is 55.5. The maximum atomic E-state index is 10.1. The predicted octanol–water partition coefficient (Wildman–Crippen LogP) is 22.4. The van der Waals surface area contributed by atoms with Crippen molar-refractivity contribution in [3.63, 3.8) is 0 Å². The van der Waals surface area contributed by atoms with E-state index in [1.54, 1.807) is 0 Å². The lowest BCUT2D eigenvalue weighted by Gasteiger charge is -2.15. The van der Waals surface area contributed by atoms with Crippen molar-refractivity contribution in [2.24, 2.45) is 0 Å². The Morgan fingerprint density at radius 1 is 0.214 bits per heavy atom. The fourth-order valence-corrected chi connectivity index (χ4v) is 15.4. The minimum Gasteiger partial charge on any atom is -0.455 e. The molecule has 0 saturated carbocycles. The summed E-state index contributed by atoms with van der Waals surface area (Å²) in [6.07, 6.45) is 0. The van der Waals surface area contributed by atoms with Gasteiger partial charge in [0.25, 0.3) is 0 Å². The highest BCUT2D eigenvalue weighted by Crippen LogP contribution is 2.48. The number of fused-ring (bicyclic) bond motifs is 20. The SMILES string of the molecule is N#Cc1ccc(-c2cccc3c2oc2c3ccc3c2c2ccccc2n3-c2ccccc2)c(-n2c3ccccc3c3cc(C#N)ccc32)c1.N#Cc1ccc(-n2c3ccccc3c3cc(C#N)ccc32)c(-c2cccc3c2oc2c3ccc3c2c2ccccc2n3-c2ccccc2)c1. The predicted molar refractivity (Wildman–Crippen MR) is 395 cm³/mol. The second-order valence-electron chi connectivity index (χ2n) is 24.7. The van der Waals surface area contributed by atoms with Gasteiger partial charge in [0.2, 0.25) is 0 Å². The monoisotopic (exact) mass is 1250 g/mol. The van der Waals surface area contributed by atoms with Crippen LogP contribution in [0.3, 0.4) is 0 Å². The van der Waals surface area contributed by atoms with Gasteiger partial charge in [-0.2, -0.15) is 21.0 Å². The summed E-state index contributed by atoms with van der Waals surface area (Å²) >= 11 is 0. The van der Waals surface area contributed by atoms with Gasteiger partial charge in [-0.05, 0) is 140 Å². The van der Waals surface area contributed by atoms with Crippen LogP contribution in [0.4, 0.5) is 0 Å². The molecule has 20 aromatic rings. The Labute approximate surface area is 558 Å². The van der Waals surface area contributed by atoms with Crippen LogP contribution < -0.4 is 0 Å². The molecule has 0 radical (unpaired) electrons. The van der Waals surface area contributed by atoms with E-state index in [-0.39, 0.29) is 0 Å². The molecule has 0 spiro atoms. The molecule has 6 aromatic heterocycles. The molecule has 0 fully saturated rings. The Kier molecular flexibility index (Phi) is 12.3. The van der Waals surface area contributed by atoms with Crippen LogP contribution in [0.1, 0.15) is 22.3 Å². The van der Waals surface area contributed by atoms with Crippen LogP contribution in [0, 0.1) is 45.3 Å². The first-order valence-corrected chi connectivity index (χ1v) is 32.3. The van der Waals surface area contributed by atoms with E-state index in [1.165, 1.54) is 0 Å². The number of hydrogen-bond donors (Lipinski definition) is 0. The molecule has 10 nitrogen and oxygen atoms in total. The second-order valence-corrected chi connectivity index (χ2v) is 24.7. The van der Waals surface area contributed by atoms with Crippen LogP contribution >= 0.6 is 0 Å². The zero-order chi connectivity index (χ0) is 65.3. The number of para-hydroxylation sites is 8. The van der Waals surface area contributed by atoms with Crippen molar-refractivity contribution in [3.05, 3.63) is 313 Å². The van der Waals surface area contributed by atoms with Gasteiger partial charge in [-0.25, -0.2) is 0 Å². The number of aromatic nitrogens is 4. The van der Waals surface area contributed by atoms with E-state index in [0.29, 0.717) is 22.3 Å². The number of hydrogen-bond acceptors (Lipinski definition) is 6. The molecule has 0 aliphatic heterocycles. The average molecular weight is 1250 g/mol. The number of nitriles is 4. The molecule has 0 aliphatic rings. The molecule has 0 atom stereocenters. The molecule has 0 saturated heterocycles. The molecule has 98 heavy (non-hydrogen) atoms. The molecule has 14 aromatic carbocycles. The van der Waals surface area contributed by atoms with Crippen LogP contribution in [0.5, 0.6) is 0 Å². The fraction of sp³-hybridized carbons (Fsp3) is 0. The van der Waals surface area contributed by atoms with Crippen LogP contribution in [0.2, 0.25) is 0 Å². The smallest absolute Gasteiger partial charge is 0.145 e. The van der Waals surface area contributed by atoms with Crippen molar-refractivity contribution in [3.8, 4) is 69.3 Å². The van der Waals surface area contributed by atoms with Gasteiger partial charge in [-0.1, -0.05) is 152 Å². The lowest BCUT2D eigenvalue weighted by molar-refractivity contribution is 0.673. The Morgan fingerprint density at radius 3 is 1.06 bits per heavy atom. The summed E-state index contributed by atoms with van der Waals surface area (Å²) in [6.45, 7) is 0. The molecule has 0 N–H and O–H groups in total. The summed E-state index contributed by atoms with van der Waals surface area (Å²) < 4.78 is 23.1. The van der Waals surface area contributed by atoms with E-state index in [0.717, 1.165) is 176 Å². The van der Waals surface area contributed by atoms with Gasteiger partial charge in [-0.15, -0.1) is 0 Å². The highest BCUT2D eigenvalue weighted by molar-refractivity contribution is 6.27. The summed E-state index contributed by atoms with van der Waals surface area (Å²) in [4.78, 5) is 0. The van der Waals surface area contributed by atoms with Gasteiger partial charge in [0.15, 0.2) is 0 Å². The number of rotatable bonds is 6. The Bertz CT molecular complexity index is 6990. The van der Waals surface area contributed by atoms with Crippen LogP contribution in [0.25, 0.3) is 176 Å². The molecule has 20 rings (SSSR count). The third kappa shape index (κ3) is 8.17. The van der Waals surface area contributed by atoms with E-state index >= 15 is 0 Å². The molecule has 0 aliphatic carbocycles. The molecular weight excluding hydrogens is 1200 g/mol. The summed E-state index contributed by atoms with van der Waals surface area (Å²) in [5.74, 6) is 0. The lowest BCUT2D eigenvalue weighted by atomic mass is 9.98. The quantitative estimate of drug-likeness (QED) is 0.162. The maximum Gasteiger partial charge on any atom is 0.145 e. The number of nitrogens with zero attached hydrogens (tertiary/aromatic N) is 8. The van der Waals surface area contributed by atoms with Crippen molar-refractivity contribution in [2.45, 2.75) is 0 Å². The third-order valence-electron chi connectivity index (χ3n) is 19.5. The van der Waals surface area contributed by atoms with Gasteiger partial charge in [0.05, 0.1) is 113 Å². The van der Waals surface area contributed by atoms with Gasteiger partial charge < -0.3 is 27.1 Å². The van der Waals surface area contributed by atoms with Crippen LogP contribution in [-0.2, 0) is 0 Å². The lowest BCUT2D eigenvalue weighted by Crippen LogP contribution is -1.98. The summed E-state index contributed by atoms with van der Waals surface area (Å²) in [7, 11) is 0. The van der Waals surface area contributed by atoms with Crippen molar-refractivity contribution in [2.75, 3.05) is 0 Å². The first-order valence-electron chi connectivity index (χ1n) is 32.3. The summed E-state index contributed by atoms with van der Waals surface area (Å²) in [5.41, 5.74) is 21.6. The van der Waals surface area contributed by atoms with Crippen molar-refractivity contribution in [1.82, 2.24) is 18.3 Å². The van der Waals surface area contributed by atoms with E-state index in [1.807, 2.05) is 109 Å². The van der Waals surface area contributed by atoms with E-state index < -0.39 is 0 Å². The van der Waals surface area contributed by atoms with Crippen LogP contribution in [0.15, 0.2) is 300 Å². The standard InChI is InChI=1S/2C44H24N4O/c45-25-27-17-20-39-35(23-27)30-11-4-6-15-37(30)48(39)40-21-18-28(26-46)24-36(40)32-14-8-13-31-33-19-22-41-42(44(33)49-43(31)32)34-12-5-7-16-38(34)47(41)29-9-2-1-3-10-29;45-25-27-18-21-39-36(23-27)30-11-4-6-15-37(30)48(39)41-24-28(26-46)17-19-31(41)32-13-8-14-33-34-20-22-40-42(44(34)49-43(32)33)35-12-5-7-16-38(35)47(40)29-9-2-1-3-10-29/h2*1-24H. The van der Waals surface area contributed by atoms with Crippen molar-refractivity contribution in [1.29, 1.82) is 21.0 Å². The number of benzene rings is 14. The van der Waals surface area contributed by atoms with Crippen LogP contribution in [-0.4, -0.2) is 18.3 Å². The highest BCUT2D eigenvalue weighted by Gasteiger charge is 2.26. The van der Waals surface area contributed by atoms with Gasteiger partial charge in [0.1, 0.15) is 22.3 Å². The first-order chi connectivity index (χ1) is 48.5. The van der Waals surface area contributed by atoms with Crippen molar-refractivity contribution >= 4 is 131 Å². The minimum absolute atomic E-state index is 0.561. The Balaban J connectivity index is 0.000000137. The van der Waals surface area contributed by atoms with Crippen molar-refractivity contribution < 1.29 is 8.83 Å². The average Bonchev–Trinajstić information content (AvgIpc) is 1.57. The minimum atomic E-state index is 0.561. The zero-order valence-corrected chi connectivity index (χ0v) is 52.1. The number of furan rings is 2. The fourth-order valence-electron chi connectivity index (χ4n) is 15.4. The topological polar surface area (TPSA) is 141 Å². The second kappa shape index (κ2) is 21.7. The molecular formula is C88H48N8O2. The van der Waals surface area contributed by atoms with Gasteiger partial charge in [-0.3, -0.25) is 0 Å². The Hall–Kier alpha value is -14.2. The normalized spacial score (nSPS) is 11.6. The van der Waals surface area contributed by atoms with Gasteiger partial charge >= 0.3 is 0 Å². The van der Waals surface area contributed by atoms with E-state index in [9.17, 15) is 21.0 Å². The molecule has 0 bridgehead atoms. The Morgan fingerprint density at radius 2 is 0.571 bits per heavy atom. The highest BCUT2D eigenvalue weighted by atomic mass is 16.3. The zero-order valence-electron chi connectivity index (χ0n) is 52.1. The maximum absolute atomic E-state index is 10.1. The largest absolute Gasteiger partial charge is 0.455 e. The molecule has 10 heteroatoms. The molecule has 6 heterocycles. The summed E-state index contributed by atoms with van der Waals surface area (Å²) in [5, 5.41) is 52.1.